The Bertz CT molecular complexity index is 551. The molecule has 5 nitrogen and oxygen atoms in total. The number of nitrogens with one attached hydrogen (secondary N) is 1. The molecule has 2 aromatic heterocycles. The first-order chi connectivity index (χ1) is 10.3. The average Bonchev–Trinajstić information content (AvgIpc) is 3.21. The number of ether oxygens (including phenoxy) is 1. The fourth-order valence-electron chi connectivity index (χ4n) is 2.30. The molecule has 1 atom stereocenters. The van der Waals surface area contributed by atoms with Gasteiger partial charge in [0.2, 0.25) is 0 Å². The number of thiazole rings is 1. The molecule has 0 bridgehead atoms. The van der Waals surface area contributed by atoms with Crippen molar-refractivity contribution in [2.45, 2.75) is 25.5 Å². The van der Waals surface area contributed by atoms with Crippen molar-refractivity contribution in [1.29, 1.82) is 0 Å². The largest absolute Gasteiger partial charge is 0.376 e. The monoisotopic (exact) mass is 323 g/mol. The Labute approximate surface area is 131 Å². The number of urea groups is 1. The van der Waals surface area contributed by atoms with Crippen molar-refractivity contribution < 1.29 is 9.53 Å². The predicted molar refractivity (Wildman–Crippen MR) is 84.8 cm³/mol. The second-order valence-corrected chi connectivity index (χ2v) is 6.79. The van der Waals surface area contributed by atoms with Gasteiger partial charge >= 0.3 is 6.03 Å². The van der Waals surface area contributed by atoms with E-state index in [1.54, 1.807) is 17.5 Å². The van der Waals surface area contributed by atoms with Crippen molar-refractivity contribution in [2.75, 3.05) is 18.5 Å². The topological polar surface area (TPSA) is 54.5 Å². The third kappa shape index (κ3) is 4.03. The lowest BCUT2D eigenvalue weighted by atomic mass is 10.2. The van der Waals surface area contributed by atoms with E-state index in [0.717, 1.165) is 19.4 Å². The van der Waals surface area contributed by atoms with Crippen LogP contribution in [0.25, 0.3) is 0 Å². The SMILES string of the molecule is O=C(Nc1nccs1)N(Cc1cccs1)CC1CCCO1. The van der Waals surface area contributed by atoms with Crippen LogP contribution in [0.5, 0.6) is 0 Å². The summed E-state index contributed by atoms with van der Waals surface area (Å²) in [5.74, 6) is 0. The normalized spacial score (nSPS) is 17.8. The predicted octanol–water partition coefficient (Wildman–Crippen LogP) is 3.42. The van der Waals surface area contributed by atoms with Crippen LogP contribution in [0.1, 0.15) is 17.7 Å². The van der Waals surface area contributed by atoms with Crippen LogP contribution < -0.4 is 5.32 Å². The van der Waals surface area contributed by atoms with Gasteiger partial charge in [-0.2, -0.15) is 0 Å². The average molecular weight is 323 g/mol. The van der Waals surface area contributed by atoms with E-state index >= 15 is 0 Å². The second kappa shape index (κ2) is 7.02. The van der Waals surface area contributed by atoms with Crippen molar-refractivity contribution in [3.63, 3.8) is 0 Å². The molecule has 3 heterocycles. The van der Waals surface area contributed by atoms with Gasteiger partial charge in [0.15, 0.2) is 5.13 Å². The van der Waals surface area contributed by atoms with Crippen LogP contribution in [0, 0.1) is 0 Å². The summed E-state index contributed by atoms with van der Waals surface area (Å²) in [6.07, 6.45) is 3.92. The van der Waals surface area contributed by atoms with Gasteiger partial charge < -0.3 is 9.64 Å². The van der Waals surface area contributed by atoms with Crippen LogP contribution in [0.15, 0.2) is 29.1 Å². The van der Waals surface area contributed by atoms with E-state index in [1.807, 2.05) is 27.8 Å². The second-order valence-electron chi connectivity index (χ2n) is 4.86. The first-order valence-corrected chi connectivity index (χ1v) is 8.66. The van der Waals surface area contributed by atoms with Gasteiger partial charge in [-0.05, 0) is 24.3 Å². The quantitative estimate of drug-likeness (QED) is 0.917. The van der Waals surface area contributed by atoms with Crippen molar-refractivity contribution in [3.8, 4) is 0 Å². The van der Waals surface area contributed by atoms with E-state index in [9.17, 15) is 4.79 Å². The molecule has 3 rings (SSSR count). The maximum Gasteiger partial charge on any atom is 0.324 e. The van der Waals surface area contributed by atoms with Gasteiger partial charge in [0.25, 0.3) is 0 Å². The first-order valence-electron chi connectivity index (χ1n) is 6.90. The van der Waals surface area contributed by atoms with E-state index in [4.69, 9.17) is 4.74 Å². The number of carbonyl (C=O) groups excluding carboxylic acids is 1. The highest BCUT2D eigenvalue weighted by Crippen LogP contribution is 2.19. The van der Waals surface area contributed by atoms with E-state index in [1.165, 1.54) is 16.2 Å². The number of hydrogen-bond acceptors (Lipinski definition) is 5. The first kappa shape index (κ1) is 14.5. The zero-order valence-electron chi connectivity index (χ0n) is 11.5. The number of thiophene rings is 1. The molecule has 21 heavy (non-hydrogen) atoms. The Morgan fingerprint density at radius 2 is 2.43 bits per heavy atom. The van der Waals surface area contributed by atoms with Gasteiger partial charge in [-0.15, -0.1) is 22.7 Å². The molecule has 2 amide bonds. The highest BCUT2D eigenvalue weighted by molar-refractivity contribution is 7.13. The molecule has 0 saturated carbocycles. The minimum absolute atomic E-state index is 0.117. The maximum absolute atomic E-state index is 12.5. The summed E-state index contributed by atoms with van der Waals surface area (Å²) in [6, 6.07) is 3.93. The summed E-state index contributed by atoms with van der Waals surface area (Å²) in [5.41, 5.74) is 0. The third-order valence-electron chi connectivity index (χ3n) is 3.31. The molecule has 1 saturated heterocycles. The molecule has 112 valence electrons. The molecular formula is C14H17N3O2S2. The molecule has 0 aliphatic carbocycles. The molecule has 0 spiro atoms. The summed E-state index contributed by atoms with van der Waals surface area (Å²) in [4.78, 5) is 19.5. The molecule has 1 aliphatic heterocycles. The highest BCUT2D eigenvalue weighted by atomic mass is 32.1. The minimum Gasteiger partial charge on any atom is -0.376 e. The van der Waals surface area contributed by atoms with E-state index in [-0.39, 0.29) is 12.1 Å². The lowest BCUT2D eigenvalue weighted by molar-refractivity contribution is 0.0821. The van der Waals surface area contributed by atoms with Crippen molar-refractivity contribution in [2.24, 2.45) is 0 Å². The number of rotatable bonds is 5. The van der Waals surface area contributed by atoms with Gasteiger partial charge in [0.05, 0.1) is 12.6 Å². The van der Waals surface area contributed by atoms with Crippen LogP contribution in [0.4, 0.5) is 9.93 Å². The molecule has 0 radical (unpaired) electrons. The van der Waals surface area contributed by atoms with Gasteiger partial charge in [0, 0.05) is 29.6 Å². The Morgan fingerprint density at radius 3 is 3.10 bits per heavy atom. The van der Waals surface area contributed by atoms with Crippen LogP contribution in [0.2, 0.25) is 0 Å². The minimum atomic E-state index is -0.117. The third-order valence-corrected chi connectivity index (χ3v) is 4.86. The fraction of sp³-hybridized carbons (Fsp3) is 0.429. The zero-order valence-corrected chi connectivity index (χ0v) is 13.2. The van der Waals surface area contributed by atoms with Crippen LogP contribution in [0.3, 0.4) is 0 Å². The molecule has 2 aromatic rings. The molecular weight excluding hydrogens is 306 g/mol. The summed E-state index contributed by atoms with van der Waals surface area (Å²) >= 11 is 3.08. The van der Waals surface area contributed by atoms with E-state index in [2.05, 4.69) is 10.3 Å². The van der Waals surface area contributed by atoms with Crippen LogP contribution >= 0.6 is 22.7 Å². The molecule has 0 aromatic carbocycles. The Morgan fingerprint density at radius 1 is 1.48 bits per heavy atom. The summed E-state index contributed by atoms with van der Waals surface area (Å²) in [6.45, 7) is 2.02. The van der Waals surface area contributed by atoms with Crippen LogP contribution in [-0.4, -0.2) is 35.2 Å². The number of nitrogens with zero attached hydrogens (tertiary/aromatic N) is 2. The van der Waals surface area contributed by atoms with Crippen molar-refractivity contribution in [1.82, 2.24) is 9.88 Å². The van der Waals surface area contributed by atoms with Gasteiger partial charge in [-0.3, -0.25) is 5.32 Å². The Hall–Kier alpha value is -1.44. The summed E-state index contributed by atoms with van der Waals surface area (Å²) in [5, 5.41) is 7.35. The Balaban J connectivity index is 1.66. The zero-order chi connectivity index (χ0) is 14.5. The molecule has 7 heteroatoms. The van der Waals surface area contributed by atoms with Crippen LogP contribution in [-0.2, 0) is 11.3 Å². The smallest absolute Gasteiger partial charge is 0.324 e. The van der Waals surface area contributed by atoms with E-state index in [0.29, 0.717) is 18.2 Å². The van der Waals surface area contributed by atoms with Crippen molar-refractivity contribution in [3.05, 3.63) is 34.0 Å². The summed E-state index contributed by atoms with van der Waals surface area (Å²) in [7, 11) is 0. The van der Waals surface area contributed by atoms with Gasteiger partial charge in [-0.1, -0.05) is 6.07 Å². The fourth-order valence-corrected chi connectivity index (χ4v) is 3.54. The van der Waals surface area contributed by atoms with Gasteiger partial charge in [0.1, 0.15) is 0 Å². The highest BCUT2D eigenvalue weighted by Gasteiger charge is 2.23. The summed E-state index contributed by atoms with van der Waals surface area (Å²) < 4.78 is 5.66. The number of aromatic nitrogens is 1. The molecule has 1 fully saturated rings. The Kier molecular flexibility index (Phi) is 4.84. The van der Waals surface area contributed by atoms with E-state index < -0.39 is 0 Å². The molecule has 1 unspecified atom stereocenters. The van der Waals surface area contributed by atoms with Crippen molar-refractivity contribution >= 4 is 33.8 Å². The standard InChI is InChI=1S/C14H17N3O2S2/c18-14(16-13-15-5-8-21-13)17(9-11-3-1-6-19-11)10-12-4-2-7-20-12/h2,4-5,7-8,11H,1,3,6,9-10H2,(H,15,16,18). The lowest BCUT2D eigenvalue weighted by Gasteiger charge is -2.24. The number of hydrogen-bond donors (Lipinski definition) is 1. The maximum atomic E-state index is 12.5. The lowest BCUT2D eigenvalue weighted by Crippen LogP contribution is -2.39. The molecule has 1 aliphatic rings. The van der Waals surface area contributed by atoms with Gasteiger partial charge in [-0.25, -0.2) is 9.78 Å². The number of carbonyl (C=O) groups is 1. The molecule has 1 N–H and O–H groups in total. The number of anilines is 1. The number of amides is 2.